The Morgan fingerprint density at radius 1 is 0.271 bits per heavy atom. The van der Waals surface area contributed by atoms with Gasteiger partial charge in [-0.3, -0.25) is 0 Å². The van der Waals surface area contributed by atoms with Crippen LogP contribution < -0.4 is 30.6 Å². The van der Waals surface area contributed by atoms with Gasteiger partial charge in [0.2, 0.25) is 0 Å². The molecule has 1 aliphatic heterocycles. The minimum atomic E-state index is -1.55. The van der Waals surface area contributed by atoms with E-state index in [0.717, 1.165) is 36.4 Å². The van der Waals surface area contributed by atoms with E-state index in [9.17, 15) is 0 Å². The Kier molecular flexibility index (Phi) is 8.39. The van der Waals surface area contributed by atoms with Crippen molar-refractivity contribution in [1.82, 2.24) is 0 Å². The molecule has 0 N–H and O–H groups in total. The highest BCUT2D eigenvalue weighted by atomic mass is 19.2. The minimum absolute atomic E-state index is 0.326. The van der Waals surface area contributed by atoms with Gasteiger partial charge in [0.05, 0.1) is 0 Å². The zero-order chi connectivity index (χ0) is 33.4. The molecule has 0 amide bonds. The second-order valence-electron chi connectivity index (χ2n) is 11.3. The van der Waals surface area contributed by atoms with Crippen LogP contribution in [0.3, 0.4) is 0 Å². The second-order valence-corrected chi connectivity index (χ2v) is 11.3. The van der Waals surface area contributed by atoms with E-state index in [1.54, 1.807) is 91.0 Å². The van der Waals surface area contributed by atoms with Gasteiger partial charge in [-0.15, -0.1) is 0 Å². The van der Waals surface area contributed by atoms with Crippen molar-refractivity contribution in [3.8, 4) is 0 Å². The molecule has 1 saturated heterocycles. The quantitative estimate of drug-likeness (QED) is 0.151. The number of hydrogen-bond donors (Lipinski definition) is 0. The zero-order valence-electron chi connectivity index (χ0n) is 25.2. The molecule has 0 spiro atoms. The molecule has 1 aliphatic rings. The smallest absolute Gasteiger partial charge is 0.394 e. The number of anilines is 3. The van der Waals surface area contributed by atoms with Gasteiger partial charge in [0, 0.05) is 33.5 Å². The Hall–Kier alpha value is -5.51. The third kappa shape index (κ3) is 5.37. The molecule has 0 aromatic heterocycles. The summed E-state index contributed by atoms with van der Waals surface area (Å²) in [4.78, 5) is 0. The van der Waals surface area contributed by atoms with Gasteiger partial charge >= 0.3 is 20.9 Å². The van der Waals surface area contributed by atoms with Crippen LogP contribution in [0.1, 0.15) is 0 Å². The maximum Gasteiger partial charge on any atom is 0.394 e. The fourth-order valence-electron chi connectivity index (χ4n) is 6.56. The van der Waals surface area contributed by atoms with Crippen molar-refractivity contribution in [1.29, 1.82) is 0 Å². The first kappa shape index (κ1) is 31.1. The highest BCUT2D eigenvalue weighted by molar-refractivity contribution is 7.15. The Morgan fingerprint density at radius 3 is 0.688 bits per heavy atom. The number of rotatable bonds is 6. The van der Waals surface area contributed by atoms with Gasteiger partial charge in [-0.1, -0.05) is 72.8 Å². The Morgan fingerprint density at radius 2 is 0.479 bits per heavy atom. The van der Waals surface area contributed by atoms with Crippen LogP contribution >= 0.6 is 0 Å². The molecule has 0 saturated carbocycles. The average Bonchev–Trinajstić information content (AvgIpc) is 3.09. The molecule has 1 fully saturated rings. The maximum absolute atomic E-state index is 16.2. The number of para-hydroxylation sites is 3. The summed E-state index contributed by atoms with van der Waals surface area (Å²) in [5.74, 6) is -5.77. The lowest BCUT2D eigenvalue weighted by atomic mass is 9.36. The molecule has 0 radical (unpaired) electrons. The third-order valence-electron chi connectivity index (χ3n) is 8.52. The summed E-state index contributed by atoms with van der Waals surface area (Å²) in [6, 6.07) is 35.2. The summed E-state index contributed by atoms with van der Waals surface area (Å²) in [5, 5.41) is 0. The zero-order valence-corrected chi connectivity index (χ0v) is 25.2. The highest BCUT2D eigenvalue weighted by Gasteiger charge is 2.59. The fourth-order valence-corrected chi connectivity index (χ4v) is 6.56. The van der Waals surface area contributed by atoms with Crippen molar-refractivity contribution in [2.75, 3.05) is 14.2 Å². The van der Waals surface area contributed by atoms with E-state index >= 15 is 26.3 Å². The standard InChI is InChI=1S/C36H24B3F6N3/c40-28-19-10-20-29(41)34(28)37-46(25-13-4-1-5-14-25)38(35-30(42)21-11-22-31(35)43)48(27-17-8-3-9-18-27)39(36-32(44)23-12-24-33(36)45)47(37)26-15-6-2-7-16-26/h1-24H. The Bertz CT molecular complexity index is 1750. The van der Waals surface area contributed by atoms with E-state index in [-0.39, 0.29) is 0 Å². The highest BCUT2D eigenvalue weighted by Crippen LogP contribution is 2.35. The molecule has 6 aromatic rings. The van der Waals surface area contributed by atoms with Gasteiger partial charge in [-0.25, -0.2) is 26.3 Å². The summed E-state index contributed by atoms with van der Waals surface area (Å²) in [6.45, 7) is -4.66. The minimum Gasteiger partial charge on any atom is -0.416 e. The van der Waals surface area contributed by atoms with E-state index in [1.807, 2.05) is 0 Å². The Labute approximate surface area is 275 Å². The lowest BCUT2D eigenvalue weighted by molar-refractivity contribution is 0.596. The lowest BCUT2D eigenvalue weighted by Crippen LogP contribution is -2.87. The normalized spacial score (nSPS) is 13.4. The third-order valence-corrected chi connectivity index (χ3v) is 8.52. The van der Waals surface area contributed by atoms with Crippen LogP contribution in [0.5, 0.6) is 0 Å². The molecule has 0 atom stereocenters. The first-order chi connectivity index (χ1) is 23.4. The van der Waals surface area contributed by atoms with Gasteiger partial charge in [0.15, 0.2) is 0 Å². The molecule has 3 nitrogen and oxygen atoms in total. The van der Waals surface area contributed by atoms with Crippen LogP contribution in [-0.2, 0) is 0 Å². The monoisotopic (exact) mass is 645 g/mol. The topological polar surface area (TPSA) is 9.72 Å². The van der Waals surface area contributed by atoms with Crippen LogP contribution in [0.15, 0.2) is 146 Å². The average molecular weight is 645 g/mol. The summed E-state index contributed by atoms with van der Waals surface area (Å²) < 4.78 is 102. The van der Waals surface area contributed by atoms with Gasteiger partial charge in [0.1, 0.15) is 34.9 Å². The van der Waals surface area contributed by atoms with Crippen molar-refractivity contribution in [2.24, 2.45) is 0 Å². The summed E-state index contributed by atoms with van der Waals surface area (Å²) in [7, 11) is 0. The van der Waals surface area contributed by atoms with E-state index in [0.29, 0.717) is 17.1 Å². The lowest BCUT2D eigenvalue weighted by Gasteiger charge is -2.56. The molecule has 0 aliphatic carbocycles. The number of nitrogens with zero attached hydrogens (tertiary/aromatic N) is 3. The SMILES string of the molecule is Fc1cccc(F)c1B1N(c2ccccc2)B(c2c(F)cccc2F)N(c2ccccc2)B(c2c(F)cccc2F)N1c1ccccc1. The summed E-state index contributed by atoms with van der Waals surface area (Å²) in [5.41, 5.74) is -0.476. The Balaban J connectivity index is 1.70. The number of benzene rings is 6. The number of halogens is 6. The van der Waals surface area contributed by atoms with E-state index in [4.69, 9.17) is 0 Å². The van der Waals surface area contributed by atoms with Crippen LogP contribution in [-0.4, -0.2) is 20.9 Å². The fraction of sp³-hybridized carbons (Fsp3) is 0. The van der Waals surface area contributed by atoms with E-state index < -0.39 is 72.2 Å². The van der Waals surface area contributed by atoms with Crippen LogP contribution in [0.25, 0.3) is 0 Å². The molecule has 0 bridgehead atoms. The van der Waals surface area contributed by atoms with Crippen molar-refractivity contribution < 1.29 is 26.3 Å². The number of hydrogen-bond acceptors (Lipinski definition) is 3. The largest absolute Gasteiger partial charge is 0.416 e. The van der Waals surface area contributed by atoms with E-state index in [1.165, 1.54) is 32.4 Å². The first-order valence-electron chi connectivity index (χ1n) is 15.2. The summed E-state index contributed by atoms with van der Waals surface area (Å²) in [6.07, 6.45) is 0. The predicted octanol–water partition coefficient (Wildman–Crippen LogP) is 6.54. The molecule has 0 unspecified atom stereocenters. The molecular weight excluding hydrogens is 621 g/mol. The summed E-state index contributed by atoms with van der Waals surface area (Å²) >= 11 is 0. The van der Waals surface area contributed by atoms with Crippen molar-refractivity contribution in [2.45, 2.75) is 0 Å². The molecule has 1 heterocycles. The van der Waals surface area contributed by atoms with Crippen molar-refractivity contribution in [3.63, 3.8) is 0 Å². The molecule has 234 valence electrons. The van der Waals surface area contributed by atoms with E-state index in [2.05, 4.69) is 0 Å². The molecule has 12 heteroatoms. The molecule has 7 rings (SSSR count). The van der Waals surface area contributed by atoms with Crippen LogP contribution in [0, 0.1) is 34.9 Å². The van der Waals surface area contributed by atoms with Crippen LogP contribution in [0.2, 0.25) is 0 Å². The molecule has 6 aromatic carbocycles. The van der Waals surface area contributed by atoms with Gasteiger partial charge in [-0.2, -0.15) is 0 Å². The van der Waals surface area contributed by atoms with Crippen molar-refractivity contribution >= 4 is 54.4 Å². The maximum atomic E-state index is 16.2. The predicted molar refractivity (Wildman–Crippen MR) is 182 cm³/mol. The van der Waals surface area contributed by atoms with Gasteiger partial charge in [0.25, 0.3) is 0 Å². The molecular formula is C36H24B3F6N3. The van der Waals surface area contributed by atoms with Crippen molar-refractivity contribution in [3.05, 3.63) is 180 Å². The van der Waals surface area contributed by atoms with Gasteiger partial charge in [-0.05, 0) is 72.8 Å². The molecule has 48 heavy (non-hydrogen) atoms. The van der Waals surface area contributed by atoms with Gasteiger partial charge < -0.3 is 14.2 Å². The second kappa shape index (κ2) is 12.9. The van der Waals surface area contributed by atoms with Crippen LogP contribution in [0.4, 0.5) is 43.4 Å². The first-order valence-corrected chi connectivity index (χ1v) is 15.2.